The highest BCUT2D eigenvalue weighted by molar-refractivity contribution is 5.66. The van der Waals surface area contributed by atoms with E-state index in [0.29, 0.717) is 6.54 Å². The van der Waals surface area contributed by atoms with Crippen LogP contribution in [0.25, 0.3) is 0 Å². The molecule has 0 aromatic carbocycles. The van der Waals surface area contributed by atoms with E-state index < -0.39 is 5.97 Å². The van der Waals surface area contributed by atoms with Crippen LogP contribution in [0.3, 0.4) is 0 Å². The molecule has 5 heteroatoms. The van der Waals surface area contributed by atoms with E-state index >= 15 is 0 Å². The fourth-order valence-corrected chi connectivity index (χ4v) is 2.59. The van der Waals surface area contributed by atoms with Gasteiger partial charge in [-0.3, -0.25) is 4.79 Å². The minimum absolute atomic E-state index is 0.231. The van der Waals surface area contributed by atoms with Gasteiger partial charge < -0.3 is 19.6 Å². The Morgan fingerprint density at radius 3 is 2.60 bits per heavy atom. The second kappa shape index (κ2) is 11.1. The lowest BCUT2D eigenvalue weighted by molar-refractivity contribution is -0.137. The third-order valence-electron chi connectivity index (χ3n) is 3.79. The number of nitrogens with zero attached hydrogens (tertiary/aromatic N) is 2. The number of ether oxygens (including phenoxy) is 1. The molecule has 1 heterocycles. The van der Waals surface area contributed by atoms with Gasteiger partial charge in [-0.15, -0.1) is 0 Å². The van der Waals surface area contributed by atoms with E-state index in [1.165, 1.54) is 32.4 Å². The fourth-order valence-electron chi connectivity index (χ4n) is 2.59. The van der Waals surface area contributed by atoms with Gasteiger partial charge in [0.2, 0.25) is 0 Å². The normalized spacial score (nSPS) is 16.7. The molecule has 0 amide bonds. The van der Waals surface area contributed by atoms with E-state index in [1.807, 2.05) is 6.92 Å². The molecule has 0 atom stereocenters. The Labute approximate surface area is 122 Å². The van der Waals surface area contributed by atoms with Crippen LogP contribution in [0.4, 0.5) is 0 Å². The minimum Gasteiger partial charge on any atom is -0.481 e. The topological polar surface area (TPSA) is 53.0 Å². The van der Waals surface area contributed by atoms with Gasteiger partial charge in [0.05, 0.1) is 6.42 Å². The van der Waals surface area contributed by atoms with E-state index in [9.17, 15) is 4.79 Å². The predicted molar refractivity (Wildman–Crippen MR) is 80.1 cm³/mol. The molecule has 0 aromatic heterocycles. The Hall–Kier alpha value is -0.650. The summed E-state index contributed by atoms with van der Waals surface area (Å²) in [6, 6.07) is 0. The van der Waals surface area contributed by atoms with Crippen molar-refractivity contribution in [3.8, 4) is 0 Å². The first-order valence-corrected chi connectivity index (χ1v) is 7.96. The number of piperidine rings is 1. The maximum Gasteiger partial charge on any atom is 0.304 e. The number of carbonyl (C=O) groups is 1. The van der Waals surface area contributed by atoms with Crippen LogP contribution in [0.15, 0.2) is 0 Å². The SMILES string of the molecule is CCOCCCN(CCC(=O)O)CCN1CCCCC1. The van der Waals surface area contributed by atoms with Crippen LogP contribution in [0.2, 0.25) is 0 Å². The summed E-state index contributed by atoms with van der Waals surface area (Å²) in [5.41, 5.74) is 0. The Morgan fingerprint density at radius 2 is 1.95 bits per heavy atom. The summed E-state index contributed by atoms with van der Waals surface area (Å²) >= 11 is 0. The summed E-state index contributed by atoms with van der Waals surface area (Å²) in [7, 11) is 0. The number of rotatable bonds is 11. The lowest BCUT2D eigenvalue weighted by Gasteiger charge is -2.29. The second-order valence-corrected chi connectivity index (χ2v) is 5.44. The molecule has 20 heavy (non-hydrogen) atoms. The summed E-state index contributed by atoms with van der Waals surface area (Å²) < 4.78 is 5.35. The number of likely N-dealkylation sites (tertiary alicyclic amines) is 1. The maximum atomic E-state index is 10.7. The van der Waals surface area contributed by atoms with E-state index in [-0.39, 0.29) is 6.42 Å². The highest BCUT2D eigenvalue weighted by atomic mass is 16.5. The first-order valence-electron chi connectivity index (χ1n) is 7.96. The molecule has 1 saturated heterocycles. The second-order valence-electron chi connectivity index (χ2n) is 5.44. The minimum atomic E-state index is -0.710. The monoisotopic (exact) mass is 286 g/mol. The Balaban J connectivity index is 2.22. The number of carboxylic acids is 1. The van der Waals surface area contributed by atoms with Crippen molar-refractivity contribution in [1.82, 2.24) is 9.80 Å². The lowest BCUT2D eigenvalue weighted by Crippen LogP contribution is -2.39. The average molecular weight is 286 g/mol. The van der Waals surface area contributed by atoms with Crippen molar-refractivity contribution in [3.05, 3.63) is 0 Å². The zero-order valence-electron chi connectivity index (χ0n) is 12.9. The molecule has 1 N–H and O–H groups in total. The van der Waals surface area contributed by atoms with E-state index in [4.69, 9.17) is 9.84 Å². The summed E-state index contributed by atoms with van der Waals surface area (Å²) in [4.78, 5) is 15.5. The fraction of sp³-hybridized carbons (Fsp3) is 0.933. The number of aliphatic carboxylic acids is 1. The quantitative estimate of drug-likeness (QED) is 0.586. The van der Waals surface area contributed by atoms with Gasteiger partial charge >= 0.3 is 5.97 Å². The average Bonchev–Trinajstić information content (AvgIpc) is 2.46. The molecule has 5 nitrogen and oxygen atoms in total. The van der Waals surface area contributed by atoms with Gasteiger partial charge in [0.1, 0.15) is 0 Å². The predicted octanol–water partition coefficient (Wildman–Crippen LogP) is 1.68. The Morgan fingerprint density at radius 1 is 1.20 bits per heavy atom. The molecule has 0 aliphatic carbocycles. The van der Waals surface area contributed by atoms with Crippen molar-refractivity contribution in [3.63, 3.8) is 0 Å². The molecule has 0 saturated carbocycles. The highest BCUT2D eigenvalue weighted by Crippen LogP contribution is 2.08. The molecule has 0 bridgehead atoms. The third kappa shape index (κ3) is 8.51. The molecule has 1 aliphatic rings. The van der Waals surface area contributed by atoms with Crippen molar-refractivity contribution >= 4 is 5.97 Å². The summed E-state index contributed by atoms with van der Waals surface area (Å²) in [5.74, 6) is -0.710. The number of hydrogen-bond acceptors (Lipinski definition) is 4. The van der Waals surface area contributed by atoms with Crippen LogP contribution >= 0.6 is 0 Å². The molecule has 1 aliphatic heterocycles. The highest BCUT2D eigenvalue weighted by Gasteiger charge is 2.13. The Bertz CT molecular complexity index is 256. The van der Waals surface area contributed by atoms with Crippen molar-refractivity contribution in [1.29, 1.82) is 0 Å². The summed E-state index contributed by atoms with van der Waals surface area (Å²) in [6.07, 6.45) is 5.18. The smallest absolute Gasteiger partial charge is 0.304 e. The van der Waals surface area contributed by atoms with E-state index in [2.05, 4.69) is 9.80 Å². The molecule has 0 unspecified atom stereocenters. The lowest BCUT2D eigenvalue weighted by atomic mass is 10.1. The van der Waals surface area contributed by atoms with Gasteiger partial charge in [-0.05, 0) is 39.3 Å². The molecular formula is C15H30N2O3. The molecular weight excluding hydrogens is 256 g/mol. The first kappa shape index (κ1) is 17.4. The van der Waals surface area contributed by atoms with Gasteiger partial charge in [-0.2, -0.15) is 0 Å². The zero-order chi connectivity index (χ0) is 14.6. The number of carboxylic acid groups (broad SMARTS) is 1. The van der Waals surface area contributed by atoms with E-state index in [0.717, 1.165) is 39.3 Å². The van der Waals surface area contributed by atoms with Crippen molar-refractivity contribution in [2.24, 2.45) is 0 Å². The van der Waals surface area contributed by atoms with E-state index in [1.54, 1.807) is 0 Å². The first-order chi connectivity index (χ1) is 9.72. The number of hydrogen-bond donors (Lipinski definition) is 1. The van der Waals surface area contributed by atoms with Gasteiger partial charge in [-0.25, -0.2) is 0 Å². The van der Waals surface area contributed by atoms with Gasteiger partial charge in [0, 0.05) is 39.4 Å². The molecule has 118 valence electrons. The standard InChI is InChI=1S/C15H30N2O3/c1-2-20-14-6-10-17(11-7-15(18)19)13-12-16-8-4-3-5-9-16/h2-14H2,1H3,(H,18,19). The summed E-state index contributed by atoms with van der Waals surface area (Å²) in [6.45, 7) is 9.53. The largest absolute Gasteiger partial charge is 0.481 e. The third-order valence-corrected chi connectivity index (χ3v) is 3.79. The van der Waals surface area contributed by atoms with Crippen LogP contribution < -0.4 is 0 Å². The van der Waals surface area contributed by atoms with Crippen molar-refractivity contribution in [2.45, 2.75) is 39.0 Å². The van der Waals surface area contributed by atoms with Gasteiger partial charge in [0.15, 0.2) is 0 Å². The van der Waals surface area contributed by atoms with Crippen molar-refractivity contribution in [2.75, 3.05) is 52.5 Å². The molecule has 1 fully saturated rings. The van der Waals surface area contributed by atoms with Gasteiger partial charge in [-0.1, -0.05) is 6.42 Å². The van der Waals surface area contributed by atoms with Crippen LogP contribution in [0, 0.1) is 0 Å². The zero-order valence-corrected chi connectivity index (χ0v) is 12.9. The molecule has 0 radical (unpaired) electrons. The van der Waals surface area contributed by atoms with Crippen LogP contribution in [-0.2, 0) is 9.53 Å². The van der Waals surface area contributed by atoms with Crippen LogP contribution in [-0.4, -0.2) is 73.4 Å². The van der Waals surface area contributed by atoms with Crippen molar-refractivity contribution < 1.29 is 14.6 Å². The maximum absolute atomic E-state index is 10.7. The molecule has 0 aromatic rings. The molecule has 0 spiro atoms. The molecule has 1 rings (SSSR count). The van der Waals surface area contributed by atoms with Gasteiger partial charge in [0.25, 0.3) is 0 Å². The van der Waals surface area contributed by atoms with Crippen LogP contribution in [0.5, 0.6) is 0 Å². The van der Waals surface area contributed by atoms with Crippen LogP contribution in [0.1, 0.15) is 39.0 Å². The Kier molecular flexibility index (Phi) is 9.62. The summed E-state index contributed by atoms with van der Waals surface area (Å²) in [5, 5.41) is 8.83.